The first-order valence-corrected chi connectivity index (χ1v) is 12.2. The highest BCUT2D eigenvalue weighted by atomic mass is 32.1. The van der Waals surface area contributed by atoms with Crippen LogP contribution in [-0.2, 0) is 13.1 Å². The van der Waals surface area contributed by atoms with Gasteiger partial charge in [0, 0.05) is 38.1 Å². The van der Waals surface area contributed by atoms with E-state index in [9.17, 15) is 9.59 Å². The second-order valence-electron chi connectivity index (χ2n) is 8.63. The third-order valence-electron chi connectivity index (χ3n) is 6.48. The van der Waals surface area contributed by atoms with Crippen molar-refractivity contribution in [1.29, 1.82) is 0 Å². The zero-order chi connectivity index (χ0) is 23.1. The summed E-state index contributed by atoms with van der Waals surface area (Å²) in [7, 11) is 0. The minimum atomic E-state index is -0.251. The minimum absolute atomic E-state index is 0.185. The molecule has 0 unspecified atom stereocenters. The molecular weight excluding hydrogens is 446 g/mol. The van der Waals surface area contributed by atoms with Gasteiger partial charge >= 0.3 is 0 Å². The Balaban J connectivity index is 1.10. The van der Waals surface area contributed by atoms with Crippen molar-refractivity contribution in [3.63, 3.8) is 0 Å². The van der Waals surface area contributed by atoms with Crippen molar-refractivity contribution < 1.29 is 9.59 Å². The van der Waals surface area contributed by atoms with Gasteiger partial charge in [0.25, 0.3) is 11.8 Å². The van der Waals surface area contributed by atoms with E-state index in [4.69, 9.17) is 9.36 Å². The number of piperazine rings is 1. The number of fused-ring (bicyclic) bond motifs is 2. The zero-order valence-electron chi connectivity index (χ0n) is 18.6. The molecule has 0 N–H and O–H groups in total. The number of hydrogen-bond acceptors (Lipinski definition) is 7. The molecule has 2 aromatic heterocycles. The van der Waals surface area contributed by atoms with Crippen LogP contribution in [0.3, 0.4) is 0 Å². The van der Waals surface area contributed by atoms with Crippen molar-refractivity contribution >= 4 is 39.3 Å². The van der Waals surface area contributed by atoms with E-state index in [1.807, 2.05) is 18.2 Å². The molecule has 34 heavy (non-hydrogen) atoms. The molecule has 170 valence electrons. The molecule has 2 amide bonds. The molecule has 6 rings (SSSR count). The number of rotatable bonds is 5. The van der Waals surface area contributed by atoms with Crippen molar-refractivity contribution in [1.82, 2.24) is 19.2 Å². The molecule has 7 nitrogen and oxygen atoms in total. The molecule has 1 saturated heterocycles. The van der Waals surface area contributed by atoms with Crippen LogP contribution in [0.25, 0.3) is 10.1 Å². The summed E-state index contributed by atoms with van der Waals surface area (Å²) >= 11 is 1.55. The maximum atomic E-state index is 12.7. The number of nitrogens with zero attached hydrogens (tertiary/aromatic N) is 5. The largest absolute Gasteiger partial charge is 0.353 e. The van der Waals surface area contributed by atoms with Crippen LogP contribution in [-0.4, -0.2) is 57.2 Å². The molecule has 4 aromatic rings. The molecule has 2 aromatic carbocycles. The second-order valence-corrected chi connectivity index (χ2v) is 9.43. The van der Waals surface area contributed by atoms with E-state index in [0.29, 0.717) is 11.1 Å². The van der Waals surface area contributed by atoms with Crippen LogP contribution in [0.2, 0.25) is 0 Å². The first-order valence-electron chi connectivity index (χ1n) is 11.4. The lowest BCUT2D eigenvalue weighted by Crippen LogP contribution is -2.46. The van der Waals surface area contributed by atoms with Gasteiger partial charge in [-0.1, -0.05) is 30.3 Å². The summed E-state index contributed by atoms with van der Waals surface area (Å²) in [5, 5.41) is 1.23. The molecule has 0 bridgehead atoms. The zero-order valence-corrected chi connectivity index (χ0v) is 19.4. The van der Waals surface area contributed by atoms with Crippen LogP contribution in [0.5, 0.6) is 0 Å². The lowest BCUT2D eigenvalue weighted by atomic mass is 10.1. The summed E-state index contributed by atoms with van der Waals surface area (Å²) in [6.07, 6.45) is 0. The molecule has 0 atom stereocenters. The SMILES string of the molecule is O=C1c2ccccc2C(=O)N1Cc1cccc(CN2CCN(c3nsc4ccccc34)CC2)n1. The number of imide groups is 1. The molecule has 2 aliphatic rings. The average molecular weight is 470 g/mol. The quantitative estimate of drug-likeness (QED) is 0.414. The molecular formula is C26H23N5O2S. The highest BCUT2D eigenvalue weighted by Crippen LogP contribution is 2.30. The Morgan fingerprint density at radius 3 is 2.12 bits per heavy atom. The standard InChI is InChI=1S/C26H23N5O2S/c32-25-20-8-1-2-9-21(20)26(33)31(25)17-19-7-5-6-18(27-19)16-29-12-14-30(15-13-29)24-22-10-3-4-11-23(22)34-28-24/h1-11H,12-17H2. The number of carbonyl (C=O) groups excluding carboxylic acids is 2. The number of benzene rings is 2. The molecule has 2 aliphatic heterocycles. The highest BCUT2D eigenvalue weighted by molar-refractivity contribution is 7.13. The molecule has 0 aliphatic carbocycles. The monoisotopic (exact) mass is 469 g/mol. The lowest BCUT2D eigenvalue weighted by molar-refractivity contribution is 0.0640. The third kappa shape index (κ3) is 3.74. The fraction of sp³-hybridized carbons (Fsp3) is 0.231. The average Bonchev–Trinajstić information content (AvgIpc) is 3.40. The summed E-state index contributed by atoms with van der Waals surface area (Å²) in [6.45, 7) is 4.61. The van der Waals surface area contributed by atoms with Gasteiger partial charge in [-0.15, -0.1) is 0 Å². The first kappa shape index (κ1) is 20.9. The van der Waals surface area contributed by atoms with E-state index in [1.165, 1.54) is 15.0 Å². The van der Waals surface area contributed by atoms with Gasteiger partial charge < -0.3 is 4.90 Å². The van der Waals surface area contributed by atoms with Gasteiger partial charge in [0.05, 0.1) is 33.8 Å². The molecule has 8 heteroatoms. The van der Waals surface area contributed by atoms with Crippen LogP contribution >= 0.6 is 11.5 Å². The van der Waals surface area contributed by atoms with Crippen LogP contribution in [0, 0.1) is 0 Å². The summed E-state index contributed by atoms with van der Waals surface area (Å²) in [4.78, 5) is 36.2. The van der Waals surface area contributed by atoms with Crippen LogP contribution in [0.15, 0.2) is 66.7 Å². The summed E-state index contributed by atoms with van der Waals surface area (Å²) in [6, 6.07) is 21.2. The third-order valence-corrected chi connectivity index (χ3v) is 7.30. The number of pyridine rings is 1. The van der Waals surface area contributed by atoms with Gasteiger partial charge in [-0.3, -0.25) is 24.4 Å². The minimum Gasteiger partial charge on any atom is -0.353 e. The molecule has 0 spiro atoms. The van der Waals surface area contributed by atoms with Crippen molar-refractivity contribution in [2.75, 3.05) is 31.1 Å². The van der Waals surface area contributed by atoms with Gasteiger partial charge in [-0.25, -0.2) is 0 Å². The van der Waals surface area contributed by atoms with Crippen molar-refractivity contribution in [2.24, 2.45) is 0 Å². The van der Waals surface area contributed by atoms with Gasteiger partial charge in [0.1, 0.15) is 5.82 Å². The summed E-state index contributed by atoms with van der Waals surface area (Å²) in [5.41, 5.74) is 2.60. The summed E-state index contributed by atoms with van der Waals surface area (Å²) < 4.78 is 5.91. The Kier molecular flexibility index (Phi) is 5.31. The number of amides is 2. The van der Waals surface area contributed by atoms with E-state index < -0.39 is 0 Å². The normalized spacial score (nSPS) is 16.5. The Morgan fingerprint density at radius 1 is 0.735 bits per heavy atom. The Labute approximate surface area is 201 Å². The molecule has 4 heterocycles. The van der Waals surface area contributed by atoms with E-state index in [2.05, 4.69) is 34.1 Å². The van der Waals surface area contributed by atoms with Gasteiger partial charge in [-0.05, 0) is 47.9 Å². The van der Waals surface area contributed by atoms with E-state index in [0.717, 1.165) is 49.9 Å². The van der Waals surface area contributed by atoms with E-state index in [-0.39, 0.29) is 18.4 Å². The second kappa shape index (κ2) is 8.62. The molecule has 0 radical (unpaired) electrons. The maximum Gasteiger partial charge on any atom is 0.261 e. The summed E-state index contributed by atoms with van der Waals surface area (Å²) in [5.74, 6) is 0.582. The Hall–Kier alpha value is -3.62. The maximum absolute atomic E-state index is 12.7. The van der Waals surface area contributed by atoms with Crippen LogP contribution in [0.1, 0.15) is 32.1 Å². The van der Waals surface area contributed by atoms with Gasteiger partial charge in [-0.2, -0.15) is 4.37 Å². The van der Waals surface area contributed by atoms with Crippen molar-refractivity contribution in [3.8, 4) is 0 Å². The van der Waals surface area contributed by atoms with E-state index in [1.54, 1.807) is 35.8 Å². The Bertz CT molecular complexity index is 1360. The van der Waals surface area contributed by atoms with Crippen LogP contribution < -0.4 is 4.90 Å². The predicted molar refractivity (Wildman–Crippen MR) is 132 cm³/mol. The number of hydrogen-bond donors (Lipinski definition) is 0. The van der Waals surface area contributed by atoms with E-state index >= 15 is 0 Å². The first-order chi connectivity index (χ1) is 16.7. The highest BCUT2D eigenvalue weighted by Gasteiger charge is 2.35. The van der Waals surface area contributed by atoms with Gasteiger partial charge in [0.15, 0.2) is 0 Å². The fourth-order valence-electron chi connectivity index (χ4n) is 4.70. The van der Waals surface area contributed by atoms with Crippen molar-refractivity contribution in [3.05, 3.63) is 89.2 Å². The fourth-order valence-corrected chi connectivity index (χ4v) is 5.49. The van der Waals surface area contributed by atoms with Crippen molar-refractivity contribution in [2.45, 2.75) is 13.1 Å². The lowest BCUT2D eigenvalue weighted by Gasteiger charge is -2.34. The predicted octanol–water partition coefficient (Wildman–Crippen LogP) is 3.81. The van der Waals surface area contributed by atoms with Crippen LogP contribution in [0.4, 0.5) is 5.82 Å². The number of anilines is 1. The molecule has 0 saturated carbocycles. The number of carbonyl (C=O) groups is 2. The smallest absolute Gasteiger partial charge is 0.261 e. The number of aromatic nitrogens is 2. The topological polar surface area (TPSA) is 69.6 Å². The van der Waals surface area contributed by atoms with Gasteiger partial charge in [0.2, 0.25) is 0 Å². The Morgan fingerprint density at radius 2 is 1.38 bits per heavy atom. The molecule has 1 fully saturated rings.